The number of fused-ring (bicyclic) bond motifs is 3. The van der Waals surface area contributed by atoms with Gasteiger partial charge in [-0.2, -0.15) is 0 Å². The number of H-pyrrole nitrogens is 1. The van der Waals surface area contributed by atoms with Crippen LogP contribution >= 0.6 is 0 Å². The summed E-state index contributed by atoms with van der Waals surface area (Å²) < 4.78 is 5.53. The highest BCUT2D eigenvalue weighted by molar-refractivity contribution is 5.85. The molecular formula is C21H24N4O. The van der Waals surface area contributed by atoms with Crippen LogP contribution in [-0.2, 0) is 17.7 Å². The molecule has 26 heavy (non-hydrogen) atoms. The van der Waals surface area contributed by atoms with E-state index in [-0.39, 0.29) is 0 Å². The van der Waals surface area contributed by atoms with Crippen molar-refractivity contribution in [2.24, 2.45) is 0 Å². The lowest BCUT2D eigenvalue weighted by atomic mass is 10.0. The van der Waals surface area contributed by atoms with Gasteiger partial charge in [0.2, 0.25) is 0 Å². The molecule has 0 saturated carbocycles. The van der Waals surface area contributed by atoms with Crippen molar-refractivity contribution in [2.45, 2.75) is 25.9 Å². The lowest BCUT2D eigenvalue weighted by Gasteiger charge is -2.34. The smallest absolute Gasteiger partial charge is 0.129 e. The van der Waals surface area contributed by atoms with Crippen LogP contribution in [0.3, 0.4) is 0 Å². The largest absolute Gasteiger partial charge is 0.377 e. The number of rotatable bonds is 2. The van der Waals surface area contributed by atoms with Crippen molar-refractivity contribution in [3.63, 3.8) is 0 Å². The fraction of sp³-hybridized carbons (Fsp3) is 0.381. The molecule has 5 rings (SSSR count). The molecule has 2 aliphatic rings. The molecule has 1 atom stereocenters. The molecular weight excluding hydrogens is 324 g/mol. The van der Waals surface area contributed by atoms with Crippen molar-refractivity contribution in [3.05, 3.63) is 53.9 Å². The van der Waals surface area contributed by atoms with Gasteiger partial charge in [-0.3, -0.25) is 0 Å². The first-order valence-electron chi connectivity index (χ1n) is 9.43. The van der Waals surface area contributed by atoms with Gasteiger partial charge in [0.15, 0.2) is 0 Å². The molecule has 134 valence electrons. The number of nitrogens with zero attached hydrogens (tertiary/aromatic N) is 3. The lowest BCUT2D eigenvalue weighted by Crippen LogP contribution is -2.44. The number of aromatic amines is 1. The quantitative estimate of drug-likeness (QED) is 0.771. The van der Waals surface area contributed by atoms with Crippen LogP contribution in [0.15, 0.2) is 42.6 Å². The Balaban J connectivity index is 1.37. The zero-order chi connectivity index (χ0) is 17.5. The molecule has 5 nitrogen and oxygen atoms in total. The van der Waals surface area contributed by atoms with E-state index in [2.05, 4.69) is 58.1 Å². The van der Waals surface area contributed by atoms with Gasteiger partial charge in [-0.25, -0.2) is 4.98 Å². The number of nitrogens with one attached hydrogen (secondary N) is 1. The third-order valence-corrected chi connectivity index (χ3v) is 5.64. The predicted molar refractivity (Wildman–Crippen MR) is 105 cm³/mol. The second-order valence-corrected chi connectivity index (χ2v) is 7.29. The zero-order valence-corrected chi connectivity index (χ0v) is 15.1. The summed E-state index contributed by atoms with van der Waals surface area (Å²) in [6, 6.07) is 13.3. The average molecular weight is 348 g/mol. The number of morpholine rings is 1. The van der Waals surface area contributed by atoms with Gasteiger partial charge in [0.25, 0.3) is 0 Å². The molecule has 0 amide bonds. The summed E-state index contributed by atoms with van der Waals surface area (Å²) in [5.41, 5.74) is 5.25. The van der Waals surface area contributed by atoms with Gasteiger partial charge >= 0.3 is 0 Å². The van der Waals surface area contributed by atoms with Crippen molar-refractivity contribution in [2.75, 3.05) is 36.1 Å². The highest BCUT2D eigenvalue weighted by atomic mass is 16.5. The average Bonchev–Trinajstić information content (AvgIpc) is 3.06. The minimum absolute atomic E-state index is 0.381. The van der Waals surface area contributed by atoms with Crippen LogP contribution in [0.2, 0.25) is 0 Å². The lowest BCUT2D eigenvalue weighted by molar-refractivity contribution is 0.0985. The van der Waals surface area contributed by atoms with Crippen LogP contribution in [-0.4, -0.2) is 42.3 Å². The molecule has 1 fully saturated rings. The van der Waals surface area contributed by atoms with Gasteiger partial charge in [0.1, 0.15) is 5.82 Å². The highest BCUT2D eigenvalue weighted by Gasteiger charge is 2.22. The Morgan fingerprint density at radius 3 is 2.92 bits per heavy atom. The molecule has 4 heterocycles. The minimum Gasteiger partial charge on any atom is -0.377 e. The Labute approximate surface area is 153 Å². The molecule has 0 radical (unpaired) electrons. The molecule has 2 aromatic heterocycles. The number of aromatic nitrogens is 2. The summed E-state index contributed by atoms with van der Waals surface area (Å²) in [4.78, 5) is 13.1. The Morgan fingerprint density at radius 2 is 2.08 bits per heavy atom. The highest BCUT2D eigenvalue weighted by Crippen LogP contribution is 2.30. The fourth-order valence-electron chi connectivity index (χ4n) is 4.22. The first kappa shape index (κ1) is 15.7. The Kier molecular flexibility index (Phi) is 3.82. The second kappa shape index (κ2) is 6.32. The van der Waals surface area contributed by atoms with E-state index in [0.717, 1.165) is 45.1 Å². The predicted octanol–water partition coefficient (Wildman–Crippen LogP) is 3.35. The Bertz CT molecular complexity index is 917. The van der Waals surface area contributed by atoms with E-state index in [9.17, 15) is 0 Å². The van der Waals surface area contributed by atoms with Crippen molar-refractivity contribution >= 4 is 22.4 Å². The SMILES string of the molecule is C[C@H]1COCCN1c1ccc(N2CCc3c([nH]c4ccccc34)C2)cn1. The summed E-state index contributed by atoms with van der Waals surface area (Å²) in [5, 5.41) is 1.37. The topological polar surface area (TPSA) is 44.4 Å². The number of anilines is 2. The van der Waals surface area contributed by atoms with E-state index in [4.69, 9.17) is 9.72 Å². The van der Waals surface area contributed by atoms with Crippen molar-refractivity contribution in [3.8, 4) is 0 Å². The van der Waals surface area contributed by atoms with Crippen LogP contribution in [0.25, 0.3) is 10.9 Å². The molecule has 0 aliphatic carbocycles. The molecule has 1 N–H and O–H groups in total. The number of benzene rings is 1. The molecule has 1 aromatic carbocycles. The number of ether oxygens (including phenoxy) is 1. The van der Waals surface area contributed by atoms with Gasteiger partial charge < -0.3 is 19.5 Å². The van der Waals surface area contributed by atoms with E-state index in [0.29, 0.717) is 6.04 Å². The van der Waals surface area contributed by atoms with Gasteiger partial charge in [-0.05, 0) is 37.1 Å². The monoisotopic (exact) mass is 348 g/mol. The number of pyridine rings is 1. The summed E-state index contributed by atoms with van der Waals surface area (Å²) >= 11 is 0. The van der Waals surface area contributed by atoms with Gasteiger partial charge in [0, 0.05) is 29.7 Å². The number of hydrogen-bond donors (Lipinski definition) is 1. The molecule has 0 bridgehead atoms. The maximum atomic E-state index is 5.53. The molecule has 2 aliphatic heterocycles. The molecule has 1 saturated heterocycles. The summed E-state index contributed by atoms with van der Waals surface area (Å²) in [6.07, 6.45) is 3.09. The van der Waals surface area contributed by atoms with Crippen LogP contribution in [0.1, 0.15) is 18.2 Å². The summed E-state index contributed by atoms with van der Waals surface area (Å²) in [7, 11) is 0. The number of hydrogen-bond acceptors (Lipinski definition) is 4. The summed E-state index contributed by atoms with van der Waals surface area (Å²) in [6.45, 7) is 6.61. The zero-order valence-electron chi connectivity index (χ0n) is 15.1. The standard InChI is InChI=1S/C21H24N4O/c1-15-14-26-11-10-25(15)21-7-6-16(12-22-21)24-9-8-18-17-4-2-3-5-19(17)23-20(18)13-24/h2-7,12,15,23H,8-11,13-14H2,1H3/t15-/m0/s1. The third kappa shape index (κ3) is 2.63. The van der Waals surface area contributed by atoms with E-state index in [1.165, 1.54) is 27.8 Å². The van der Waals surface area contributed by atoms with Crippen molar-refractivity contribution in [1.82, 2.24) is 9.97 Å². The molecule has 5 heteroatoms. The van der Waals surface area contributed by atoms with Crippen LogP contribution < -0.4 is 9.80 Å². The van der Waals surface area contributed by atoms with Crippen molar-refractivity contribution < 1.29 is 4.74 Å². The Morgan fingerprint density at radius 1 is 1.15 bits per heavy atom. The Hall–Kier alpha value is -2.53. The van der Waals surface area contributed by atoms with Gasteiger partial charge in [-0.15, -0.1) is 0 Å². The van der Waals surface area contributed by atoms with Crippen molar-refractivity contribution in [1.29, 1.82) is 0 Å². The van der Waals surface area contributed by atoms with E-state index in [1.54, 1.807) is 0 Å². The van der Waals surface area contributed by atoms with E-state index < -0.39 is 0 Å². The van der Waals surface area contributed by atoms with Gasteiger partial charge in [0.05, 0.1) is 37.7 Å². The van der Waals surface area contributed by atoms with E-state index in [1.807, 2.05) is 6.20 Å². The maximum absolute atomic E-state index is 5.53. The molecule has 0 spiro atoms. The minimum atomic E-state index is 0.381. The van der Waals surface area contributed by atoms with Gasteiger partial charge in [-0.1, -0.05) is 18.2 Å². The van der Waals surface area contributed by atoms with Crippen LogP contribution in [0.5, 0.6) is 0 Å². The fourth-order valence-corrected chi connectivity index (χ4v) is 4.22. The summed E-state index contributed by atoms with van der Waals surface area (Å²) in [5.74, 6) is 1.05. The number of para-hydroxylation sites is 1. The molecule has 3 aromatic rings. The molecule has 0 unspecified atom stereocenters. The normalized spacial score (nSPS) is 20.4. The van der Waals surface area contributed by atoms with Crippen LogP contribution in [0, 0.1) is 0 Å². The van der Waals surface area contributed by atoms with E-state index >= 15 is 0 Å². The first-order valence-corrected chi connectivity index (χ1v) is 9.43. The third-order valence-electron chi connectivity index (χ3n) is 5.64. The van der Waals surface area contributed by atoms with Crippen LogP contribution in [0.4, 0.5) is 11.5 Å². The maximum Gasteiger partial charge on any atom is 0.129 e. The second-order valence-electron chi connectivity index (χ2n) is 7.29. The first-order chi connectivity index (χ1) is 12.8.